The zero-order valence-electron chi connectivity index (χ0n) is 24.9. The van der Waals surface area contributed by atoms with Crippen molar-refractivity contribution >= 4 is 23.5 Å². The van der Waals surface area contributed by atoms with Crippen LogP contribution in [0.3, 0.4) is 0 Å². The number of amides is 2. The van der Waals surface area contributed by atoms with Gasteiger partial charge in [-0.25, -0.2) is 9.78 Å². The van der Waals surface area contributed by atoms with E-state index in [2.05, 4.69) is 10.6 Å². The molecule has 1 unspecified atom stereocenters. The number of carbonyl (C=O) groups excluding carboxylic acids is 1. The number of carbonyl (C=O) groups is 1. The number of nitrogens with one attached hydrogen (secondary N) is 2. The number of nitrogens with zero attached hydrogens (tertiary/aromatic N) is 1. The van der Waals surface area contributed by atoms with E-state index < -0.39 is 6.29 Å². The van der Waals surface area contributed by atoms with Gasteiger partial charge in [-0.2, -0.15) is 0 Å². The van der Waals surface area contributed by atoms with E-state index in [-0.39, 0.29) is 24.8 Å². The van der Waals surface area contributed by atoms with Crippen LogP contribution in [0.15, 0.2) is 119 Å². The maximum absolute atomic E-state index is 12.1. The standard InChI is InChI=1S/C36H35N3O5S/c1-2-37-35(41)38-29-15-9-14-28(20-29)34-42-30(21-31(43-34)25-18-16-24(22-40)17-19-25)23-45-36-39-32(26-10-5-3-6-11-26)33(44-36)27-12-7-4-8-13-27/h3-20,30-31,34,40H,2,21-23H2,1H3,(H2,37,38,41)/t30-,31+,34?/m0/s1. The molecule has 45 heavy (non-hydrogen) atoms. The highest BCUT2D eigenvalue weighted by Crippen LogP contribution is 2.41. The van der Waals surface area contributed by atoms with Gasteiger partial charge in [0.15, 0.2) is 12.1 Å². The predicted molar refractivity (Wildman–Crippen MR) is 176 cm³/mol. The average molecular weight is 622 g/mol. The molecule has 8 nitrogen and oxygen atoms in total. The van der Waals surface area contributed by atoms with Gasteiger partial charge in [-0.05, 0) is 30.2 Å². The van der Waals surface area contributed by atoms with Gasteiger partial charge in [0.1, 0.15) is 5.69 Å². The Kier molecular flexibility index (Phi) is 9.92. The van der Waals surface area contributed by atoms with Gasteiger partial charge in [-0.1, -0.05) is 109 Å². The molecule has 1 saturated heterocycles. The topological polar surface area (TPSA) is 106 Å². The molecule has 0 aliphatic carbocycles. The van der Waals surface area contributed by atoms with Crippen molar-refractivity contribution in [2.75, 3.05) is 17.6 Å². The Bertz CT molecular complexity index is 1640. The lowest BCUT2D eigenvalue weighted by atomic mass is 10.0. The zero-order chi connectivity index (χ0) is 31.0. The monoisotopic (exact) mass is 621 g/mol. The molecule has 0 saturated carbocycles. The lowest BCUT2D eigenvalue weighted by Crippen LogP contribution is -2.31. The number of aromatic nitrogens is 1. The van der Waals surface area contributed by atoms with E-state index >= 15 is 0 Å². The minimum Gasteiger partial charge on any atom is -0.431 e. The number of benzene rings is 4. The second-order valence-corrected chi connectivity index (χ2v) is 11.6. The summed E-state index contributed by atoms with van der Waals surface area (Å²) in [7, 11) is 0. The predicted octanol–water partition coefficient (Wildman–Crippen LogP) is 7.98. The molecular formula is C36H35N3O5S. The minimum absolute atomic E-state index is 0.0196. The summed E-state index contributed by atoms with van der Waals surface area (Å²) in [6.45, 7) is 2.38. The molecule has 1 aliphatic rings. The van der Waals surface area contributed by atoms with E-state index in [1.165, 1.54) is 11.8 Å². The first-order valence-corrected chi connectivity index (χ1v) is 16.0. The highest BCUT2D eigenvalue weighted by atomic mass is 32.2. The summed E-state index contributed by atoms with van der Waals surface area (Å²) in [4.78, 5) is 17.1. The fraction of sp³-hybridized carbons (Fsp3) is 0.222. The highest BCUT2D eigenvalue weighted by molar-refractivity contribution is 7.99. The molecule has 0 bridgehead atoms. The third-order valence-corrected chi connectivity index (χ3v) is 8.41. The molecule has 1 aromatic heterocycles. The number of aliphatic hydroxyl groups is 1. The molecule has 1 fully saturated rings. The van der Waals surface area contributed by atoms with E-state index in [1.54, 1.807) is 0 Å². The van der Waals surface area contributed by atoms with Crippen LogP contribution in [0.1, 0.15) is 42.4 Å². The van der Waals surface area contributed by atoms with Crippen molar-refractivity contribution in [1.82, 2.24) is 10.3 Å². The summed E-state index contributed by atoms with van der Waals surface area (Å²) in [6, 6.07) is 35.1. The molecule has 2 heterocycles. The highest BCUT2D eigenvalue weighted by Gasteiger charge is 2.33. The quantitative estimate of drug-likeness (QED) is 0.136. The van der Waals surface area contributed by atoms with E-state index in [4.69, 9.17) is 18.9 Å². The van der Waals surface area contributed by atoms with Gasteiger partial charge in [0.25, 0.3) is 5.22 Å². The molecule has 9 heteroatoms. The van der Waals surface area contributed by atoms with Gasteiger partial charge in [-0.3, -0.25) is 0 Å². The normalized spacial score (nSPS) is 18.0. The van der Waals surface area contributed by atoms with Crippen molar-refractivity contribution in [3.63, 3.8) is 0 Å². The smallest absolute Gasteiger partial charge is 0.319 e. The van der Waals surface area contributed by atoms with Crippen LogP contribution < -0.4 is 10.6 Å². The van der Waals surface area contributed by atoms with Crippen LogP contribution in [-0.2, 0) is 16.1 Å². The van der Waals surface area contributed by atoms with Gasteiger partial charge in [-0.15, -0.1) is 0 Å². The van der Waals surface area contributed by atoms with Crippen LogP contribution in [0.5, 0.6) is 0 Å². The van der Waals surface area contributed by atoms with Crippen molar-refractivity contribution < 1.29 is 23.8 Å². The number of aliphatic hydroxyl groups excluding tert-OH is 1. The maximum atomic E-state index is 12.1. The van der Waals surface area contributed by atoms with Crippen molar-refractivity contribution in [3.8, 4) is 22.6 Å². The molecule has 3 atom stereocenters. The number of thioether (sulfide) groups is 1. The Hall–Kier alpha value is -4.41. The van der Waals surface area contributed by atoms with Gasteiger partial charge in [0.2, 0.25) is 0 Å². The lowest BCUT2D eigenvalue weighted by Gasteiger charge is -2.36. The Morgan fingerprint density at radius 2 is 1.62 bits per heavy atom. The van der Waals surface area contributed by atoms with E-state index in [9.17, 15) is 9.90 Å². The number of hydrogen-bond donors (Lipinski definition) is 3. The number of hydrogen-bond acceptors (Lipinski definition) is 7. The summed E-state index contributed by atoms with van der Waals surface area (Å²) >= 11 is 1.51. The molecule has 0 radical (unpaired) electrons. The summed E-state index contributed by atoms with van der Waals surface area (Å²) in [6.07, 6.45) is -0.474. The summed E-state index contributed by atoms with van der Waals surface area (Å²) in [5.41, 5.74) is 6.03. The SMILES string of the molecule is CCNC(=O)Nc1cccc(C2O[C@H](CSc3nc(-c4ccccc4)c(-c4ccccc4)o3)C[C@H](c3ccc(CO)cc3)O2)c1. The molecule has 6 rings (SSSR count). The van der Waals surface area contributed by atoms with Crippen LogP contribution in [-0.4, -0.2) is 34.5 Å². The second-order valence-electron chi connectivity index (χ2n) is 10.7. The summed E-state index contributed by atoms with van der Waals surface area (Å²) < 4.78 is 19.4. The number of ether oxygens (including phenoxy) is 2. The van der Waals surface area contributed by atoms with Gasteiger partial charge < -0.3 is 29.6 Å². The van der Waals surface area contributed by atoms with Crippen LogP contribution in [0.2, 0.25) is 0 Å². The van der Waals surface area contributed by atoms with E-state index in [1.807, 2.05) is 116 Å². The molecule has 1 aliphatic heterocycles. The first-order valence-electron chi connectivity index (χ1n) is 15.0. The molecule has 230 valence electrons. The largest absolute Gasteiger partial charge is 0.431 e. The zero-order valence-corrected chi connectivity index (χ0v) is 25.7. The van der Waals surface area contributed by atoms with Gasteiger partial charge >= 0.3 is 6.03 Å². The number of oxazole rings is 1. The molecule has 5 aromatic rings. The van der Waals surface area contributed by atoms with Crippen molar-refractivity contribution in [2.45, 2.75) is 43.7 Å². The van der Waals surface area contributed by atoms with Crippen LogP contribution >= 0.6 is 11.8 Å². The average Bonchev–Trinajstić information content (AvgIpc) is 3.53. The third-order valence-electron chi connectivity index (χ3n) is 7.45. The fourth-order valence-electron chi connectivity index (χ4n) is 5.22. The van der Waals surface area contributed by atoms with Crippen LogP contribution in [0, 0.1) is 0 Å². The van der Waals surface area contributed by atoms with E-state index in [0.717, 1.165) is 39.3 Å². The van der Waals surface area contributed by atoms with Crippen molar-refractivity contribution in [2.24, 2.45) is 0 Å². The molecule has 3 N–H and O–H groups in total. The van der Waals surface area contributed by atoms with Crippen LogP contribution in [0.25, 0.3) is 22.6 Å². The first kappa shape index (κ1) is 30.6. The first-order chi connectivity index (χ1) is 22.1. The Balaban J connectivity index is 1.25. The molecule has 0 spiro atoms. The van der Waals surface area contributed by atoms with Gasteiger partial charge in [0.05, 0.1) is 18.8 Å². The molecule has 2 amide bonds. The lowest BCUT2D eigenvalue weighted by molar-refractivity contribution is -0.245. The van der Waals surface area contributed by atoms with E-state index in [0.29, 0.717) is 29.6 Å². The summed E-state index contributed by atoms with van der Waals surface area (Å²) in [5.74, 6) is 1.32. The Morgan fingerprint density at radius 1 is 0.889 bits per heavy atom. The second kappa shape index (κ2) is 14.6. The molecular weight excluding hydrogens is 586 g/mol. The third kappa shape index (κ3) is 7.64. The maximum Gasteiger partial charge on any atom is 0.319 e. The Morgan fingerprint density at radius 3 is 2.33 bits per heavy atom. The van der Waals surface area contributed by atoms with Crippen molar-refractivity contribution in [1.29, 1.82) is 0 Å². The Labute approximate surface area is 266 Å². The van der Waals surface area contributed by atoms with Crippen molar-refractivity contribution in [3.05, 3.63) is 126 Å². The number of urea groups is 1. The number of anilines is 1. The fourth-order valence-corrected chi connectivity index (χ4v) is 6.07. The molecule has 4 aromatic carbocycles. The summed E-state index contributed by atoms with van der Waals surface area (Å²) in [5, 5.41) is 15.7. The van der Waals surface area contributed by atoms with Crippen LogP contribution in [0.4, 0.5) is 10.5 Å². The number of rotatable bonds is 10. The minimum atomic E-state index is -0.660. The van der Waals surface area contributed by atoms with Gasteiger partial charge in [0, 0.05) is 41.1 Å².